The number of aryl methyl sites for hydroxylation is 1. The summed E-state index contributed by atoms with van der Waals surface area (Å²) in [5.74, 6) is 0.273. The van der Waals surface area contributed by atoms with Crippen LogP contribution in [0.1, 0.15) is 18.4 Å². The molecule has 1 unspecified atom stereocenters. The number of nitrogens with zero attached hydrogens (tertiary/aromatic N) is 1. The molecule has 0 radical (unpaired) electrons. The molecule has 0 bridgehead atoms. The second-order valence-corrected chi connectivity index (χ2v) is 7.84. The van der Waals surface area contributed by atoms with Gasteiger partial charge in [-0.15, -0.1) is 0 Å². The largest absolute Gasteiger partial charge is 0.385 e. The zero-order valence-corrected chi connectivity index (χ0v) is 13.3. The van der Waals surface area contributed by atoms with Crippen molar-refractivity contribution in [2.45, 2.75) is 25.8 Å². The third kappa shape index (κ3) is 4.46. The Balaban J connectivity index is 1.79. The summed E-state index contributed by atoms with van der Waals surface area (Å²) < 4.78 is 22.9. The molecule has 0 saturated carbocycles. The van der Waals surface area contributed by atoms with E-state index in [0.717, 1.165) is 5.69 Å². The maximum atomic E-state index is 12.1. The Morgan fingerprint density at radius 1 is 1.43 bits per heavy atom. The maximum absolute atomic E-state index is 12.1. The zero-order chi connectivity index (χ0) is 15.5. The van der Waals surface area contributed by atoms with E-state index in [1.807, 2.05) is 31.2 Å². The summed E-state index contributed by atoms with van der Waals surface area (Å²) in [5.41, 5.74) is 2.16. The first-order valence-corrected chi connectivity index (χ1v) is 8.96. The molecule has 1 aromatic rings. The Morgan fingerprint density at radius 2 is 2.19 bits per heavy atom. The lowest BCUT2D eigenvalue weighted by atomic mass is 10.2. The fraction of sp³-hybridized carbons (Fsp3) is 0.533. The zero-order valence-electron chi connectivity index (χ0n) is 12.5. The van der Waals surface area contributed by atoms with E-state index in [0.29, 0.717) is 19.4 Å². The molecule has 1 aliphatic heterocycles. The van der Waals surface area contributed by atoms with Gasteiger partial charge in [0.25, 0.3) is 0 Å². The topological polar surface area (TPSA) is 66.5 Å². The number of carbonyl (C=O) groups is 1. The van der Waals surface area contributed by atoms with Gasteiger partial charge in [-0.1, -0.05) is 12.1 Å². The van der Waals surface area contributed by atoms with Gasteiger partial charge in [0, 0.05) is 31.7 Å². The fourth-order valence-electron chi connectivity index (χ4n) is 2.53. The Hall–Kier alpha value is -1.56. The monoisotopic (exact) mass is 310 g/mol. The van der Waals surface area contributed by atoms with E-state index in [1.165, 1.54) is 5.56 Å². The molecule has 0 aromatic heterocycles. The molecule has 1 heterocycles. The number of amides is 1. The Bertz CT molecular complexity index is 613. The number of hydrogen-bond acceptors (Lipinski definition) is 4. The average molecular weight is 310 g/mol. The molecule has 1 aromatic carbocycles. The van der Waals surface area contributed by atoms with Gasteiger partial charge in [-0.25, -0.2) is 8.42 Å². The van der Waals surface area contributed by atoms with E-state index in [4.69, 9.17) is 0 Å². The van der Waals surface area contributed by atoms with Gasteiger partial charge in [0.15, 0.2) is 9.84 Å². The van der Waals surface area contributed by atoms with Gasteiger partial charge in [0.05, 0.1) is 11.5 Å². The van der Waals surface area contributed by atoms with Crippen molar-refractivity contribution < 1.29 is 13.2 Å². The van der Waals surface area contributed by atoms with Crippen LogP contribution >= 0.6 is 0 Å². The molecule has 1 amide bonds. The summed E-state index contributed by atoms with van der Waals surface area (Å²) in [6, 6.07) is 7.81. The molecular weight excluding hydrogens is 288 g/mol. The van der Waals surface area contributed by atoms with Crippen LogP contribution in [0.5, 0.6) is 0 Å². The van der Waals surface area contributed by atoms with Crippen LogP contribution in [0.15, 0.2) is 24.3 Å². The summed E-state index contributed by atoms with van der Waals surface area (Å²) in [6.45, 7) is 2.57. The summed E-state index contributed by atoms with van der Waals surface area (Å²) in [4.78, 5) is 13.7. The quantitative estimate of drug-likeness (QED) is 0.894. The molecule has 1 saturated heterocycles. The van der Waals surface area contributed by atoms with Crippen molar-refractivity contribution in [2.24, 2.45) is 0 Å². The molecular formula is C15H22N2O3S. The van der Waals surface area contributed by atoms with Crippen molar-refractivity contribution in [1.29, 1.82) is 0 Å². The van der Waals surface area contributed by atoms with Crippen LogP contribution in [-0.2, 0) is 14.6 Å². The fourth-order valence-corrected chi connectivity index (χ4v) is 4.30. The van der Waals surface area contributed by atoms with Crippen molar-refractivity contribution in [1.82, 2.24) is 4.90 Å². The highest BCUT2D eigenvalue weighted by molar-refractivity contribution is 7.91. The predicted molar refractivity (Wildman–Crippen MR) is 84.1 cm³/mol. The first-order valence-electron chi connectivity index (χ1n) is 7.14. The number of benzene rings is 1. The Morgan fingerprint density at radius 3 is 2.81 bits per heavy atom. The smallest absolute Gasteiger partial charge is 0.224 e. The molecule has 116 valence electrons. The minimum absolute atomic E-state index is 0.0164. The van der Waals surface area contributed by atoms with Crippen LogP contribution in [-0.4, -0.2) is 50.4 Å². The van der Waals surface area contributed by atoms with Crippen LogP contribution < -0.4 is 5.32 Å². The van der Waals surface area contributed by atoms with Gasteiger partial charge >= 0.3 is 0 Å². The molecule has 2 rings (SSSR count). The van der Waals surface area contributed by atoms with E-state index in [2.05, 4.69) is 5.32 Å². The van der Waals surface area contributed by atoms with E-state index >= 15 is 0 Å². The van der Waals surface area contributed by atoms with Gasteiger partial charge in [0.1, 0.15) is 0 Å². The lowest BCUT2D eigenvalue weighted by molar-refractivity contribution is -0.131. The molecule has 6 heteroatoms. The van der Waals surface area contributed by atoms with E-state index in [1.54, 1.807) is 11.9 Å². The van der Waals surface area contributed by atoms with Crippen molar-refractivity contribution >= 4 is 21.4 Å². The van der Waals surface area contributed by atoms with Gasteiger partial charge in [0.2, 0.25) is 5.91 Å². The number of carbonyl (C=O) groups excluding carboxylic acids is 1. The van der Waals surface area contributed by atoms with Crippen LogP contribution in [0.3, 0.4) is 0 Å². The molecule has 1 atom stereocenters. The number of anilines is 1. The molecule has 0 aliphatic carbocycles. The standard InChI is InChI=1S/C15H22N2O3S/c1-12-4-3-5-13(10-12)16-8-6-15(18)17(2)14-7-9-21(19,20)11-14/h3-5,10,14,16H,6-9,11H2,1-2H3. The van der Waals surface area contributed by atoms with Crippen molar-refractivity contribution in [3.63, 3.8) is 0 Å². The highest BCUT2D eigenvalue weighted by Crippen LogP contribution is 2.17. The number of sulfone groups is 1. The lowest BCUT2D eigenvalue weighted by Gasteiger charge is -2.23. The summed E-state index contributed by atoms with van der Waals surface area (Å²) >= 11 is 0. The molecule has 1 N–H and O–H groups in total. The third-order valence-electron chi connectivity index (χ3n) is 3.84. The van der Waals surface area contributed by atoms with E-state index < -0.39 is 9.84 Å². The van der Waals surface area contributed by atoms with Crippen LogP contribution in [0.25, 0.3) is 0 Å². The van der Waals surface area contributed by atoms with Gasteiger partial charge in [-0.2, -0.15) is 0 Å². The second kappa shape index (κ2) is 6.47. The SMILES string of the molecule is Cc1cccc(NCCC(=O)N(C)C2CCS(=O)(=O)C2)c1. The lowest BCUT2D eigenvalue weighted by Crippen LogP contribution is -2.38. The predicted octanol–water partition coefficient (Wildman–Crippen LogP) is 1.44. The summed E-state index contributed by atoms with van der Waals surface area (Å²) in [7, 11) is -1.26. The van der Waals surface area contributed by atoms with Gasteiger partial charge < -0.3 is 10.2 Å². The Labute approximate surface area is 126 Å². The Kier molecular flexibility index (Phi) is 4.88. The van der Waals surface area contributed by atoms with Crippen molar-refractivity contribution in [3.05, 3.63) is 29.8 Å². The number of hydrogen-bond donors (Lipinski definition) is 1. The number of rotatable bonds is 5. The van der Waals surface area contributed by atoms with Crippen LogP contribution in [0.4, 0.5) is 5.69 Å². The second-order valence-electron chi connectivity index (χ2n) is 5.61. The molecule has 5 nitrogen and oxygen atoms in total. The average Bonchev–Trinajstić information content (AvgIpc) is 2.78. The van der Waals surface area contributed by atoms with Crippen molar-refractivity contribution in [3.8, 4) is 0 Å². The van der Waals surface area contributed by atoms with E-state index in [9.17, 15) is 13.2 Å². The van der Waals surface area contributed by atoms with Crippen LogP contribution in [0, 0.1) is 6.92 Å². The minimum Gasteiger partial charge on any atom is -0.385 e. The normalized spacial score (nSPS) is 20.2. The summed E-state index contributed by atoms with van der Waals surface area (Å²) in [6.07, 6.45) is 0.914. The molecule has 1 fully saturated rings. The highest BCUT2D eigenvalue weighted by Gasteiger charge is 2.32. The van der Waals surface area contributed by atoms with E-state index in [-0.39, 0.29) is 23.5 Å². The van der Waals surface area contributed by atoms with Gasteiger partial charge in [-0.3, -0.25) is 4.79 Å². The van der Waals surface area contributed by atoms with Crippen molar-refractivity contribution in [2.75, 3.05) is 30.4 Å². The van der Waals surface area contributed by atoms with Gasteiger partial charge in [-0.05, 0) is 31.0 Å². The molecule has 1 aliphatic rings. The minimum atomic E-state index is -2.95. The highest BCUT2D eigenvalue weighted by atomic mass is 32.2. The third-order valence-corrected chi connectivity index (χ3v) is 5.59. The van der Waals surface area contributed by atoms with Crippen LogP contribution in [0.2, 0.25) is 0 Å². The first kappa shape index (κ1) is 15.8. The maximum Gasteiger partial charge on any atom is 0.224 e. The molecule has 0 spiro atoms. The number of nitrogens with one attached hydrogen (secondary N) is 1. The summed E-state index contributed by atoms with van der Waals surface area (Å²) in [5, 5.41) is 3.21. The first-order chi connectivity index (χ1) is 9.87. The molecule has 21 heavy (non-hydrogen) atoms.